The molecule has 0 bridgehead atoms. The van der Waals surface area contributed by atoms with E-state index in [1.165, 1.54) is 39.9 Å². The second-order valence-electron chi connectivity index (χ2n) is 6.20. The highest BCUT2D eigenvalue weighted by Gasteiger charge is 2.32. The molecule has 2 aliphatic rings. The zero-order valence-corrected chi connectivity index (χ0v) is 16.0. The average Bonchev–Trinajstić information content (AvgIpc) is 3.15. The second-order valence-corrected chi connectivity index (χ2v) is 9.91. The van der Waals surface area contributed by atoms with Crippen LogP contribution in [0.25, 0.3) is 0 Å². The Bertz CT molecular complexity index is 982. The highest BCUT2D eigenvalue weighted by molar-refractivity contribution is 7.89. The zero-order valence-electron chi connectivity index (χ0n) is 13.6. The zero-order chi connectivity index (χ0) is 18.5. The lowest BCUT2D eigenvalue weighted by atomic mass is 10.1. The Labute approximate surface area is 160 Å². The van der Waals surface area contributed by atoms with Crippen molar-refractivity contribution in [3.05, 3.63) is 45.1 Å². The van der Waals surface area contributed by atoms with Crippen LogP contribution in [0.3, 0.4) is 0 Å². The van der Waals surface area contributed by atoms with Crippen LogP contribution in [0.4, 0.5) is 5.69 Å². The Morgan fingerprint density at radius 1 is 1.00 bits per heavy atom. The van der Waals surface area contributed by atoms with Crippen molar-refractivity contribution >= 4 is 50.5 Å². The standard InChI is InChI=1S/C17H15ClN2O4S2/c18-15-9-11-10-19(8-7-14(11)25-15)26(23,24)13-3-1-12(2-4-13)20-16(21)5-6-17(20)22/h1-4,9H,5-8,10H2. The van der Waals surface area contributed by atoms with Crippen LogP contribution in [0.15, 0.2) is 35.2 Å². The van der Waals surface area contributed by atoms with Gasteiger partial charge in [-0.25, -0.2) is 8.42 Å². The van der Waals surface area contributed by atoms with Gasteiger partial charge in [0.25, 0.3) is 0 Å². The van der Waals surface area contributed by atoms with Crippen molar-refractivity contribution in [1.82, 2.24) is 4.31 Å². The fraction of sp³-hybridized carbons (Fsp3) is 0.294. The normalized spacial score (nSPS) is 18.4. The number of halogens is 1. The molecule has 0 spiro atoms. The lowest BCUT2D eigenvalue weighted by molar-refractivity contribution is -0.121. The minimum absolute atomic E-state index is 0.144. The number of imide groups is 1. The number of carbonyl (C=O) groups excluding carboxylic acids is 2. The molecule has 0 radical (unpaired) electrons. The van der Waals surface area contributed by atoms with Crippen molar-refractivity contribution in [2.24, 2.45) is 0 Å². The Hall–Kier alpha value is -1.74. The number of anilines is 1. The Morgan fingerprint density at radius 3 is 2.31 bits per heavy atom. The van der Waals surface area contributed by atoms with E-state index in [-0.39, 0.29) is 29.6 Å². The first-order valence-corrected chi connectivity index (χ1v) is 10.7. The van der Waals surface area contributed by atoms with Crippen molar-refractivity contribution in [2.75, 3.05) is 11.4 Å². The predicted molar refractivity (Wildman–Crippen MR) is 98.8 cm³/mol. The molecule has 136 valence electrons. The summed E-state index contributed by atoms with van der Waals surface area (Å²) in [6, 6.07) is 7.71. The number of thiophene rings is 1. The summed E-state index contributed by atoms with van der Waals surface area (Å²) in [6.45, 7) is 0.697. The summed E-state index contributed by atoms with van der Waals surface area (Å²) in [7, 11) is -3.66. The van der Waals surface area contributed by atoms with Crippen LogP contribution in [0.2, 0.25) is 4.34 Å². The third kappa shape index (κ3) is 2.96. The van der Waals surface area contributed by atoms with E-state index in [2.05, 4.69) is 0 Å². The second kappa shape index (κ2) is 6.45. The highest BCUT2D eigenvalue weighted by Crippen LogP contribution is 2.33. The summed E-state index contributed by atoms with van der Waals surface area (Å²) in [5, 5.41) is 0. The molecule has 9 heteroatoms. The highest BCUT2D eigenvalue weighted by atomic mass is 35.5. The summed E-state index contributed by atoms with van der Waals surface area (Å²) in [5.74, 6) is -0.521. The minimum atomic E-state index is -3.66. The molecule has 1 aromatic carbocycles. The fourth-order valence-corrected chi connectivity index (χ4v) is 5.97. The van der Waals surface area contributed by atoms with E-state index >= 15 is 0 Å². The molecular formula is C17H15ClN2O4S2. The van der Waals surface area contributed by atoms with E-state index in [4.69, 9.17) is 11.6 Å². The molecule has 0 unspecified atom stereocenters. The van der Waals surface area contributed by atoms with Gasteiger partial charge in [-0.2, -0.15) is 4.31 Å². The van der Waals surface area contributed by atoms with E-state index < -0.39 is 10.0 Å². The number of carbonyl (C=O) groups is 2. The van der Waals surface area contributed by atoms with E-state index in [1.807, 2.05) is 6.07 Å². The summed E-state index contributed by atoms with van der Waals surface area (Å²) in [5.41, 5.74) is 1.35. The molecule has 2 aliphatic heterocycles. The maximum atomic E-state index is 12.9. The Kier molecular flexibility index (Phi) is 4.38. The third-order valence-electron chi connectivity index (χ3n) is 4.59. The van der Waals surface area contributed by atoms with Gasteiger partial charge in [0.1, 0.15) is 0 Å². The number of hydrogen-bond donors (Lipinski definition) is 0. The molecular weight excluding hydrogens is 396 g/mol. The van der Waals surface area contributed by atoms with Gasteiger partial charge in [0.2, 0.25) is 21.8 Å². The number of benzene rings is 1. The SMILES string of the molecule is O=C1CCC(=O)N1c1ccc(S(=O)(=O)N2CCc3sc(Cl)cc3C2)cc1. The molecule has 0 atom stereocenters. The average molecular weight is 411 g/mol. The lowest BCUT2D eigenvalue weighted by Gasteiger charge is -2.26. The molecule has 1 fully saturated rings. The van der Waals surface area contributed by atoms with Crippen LogP contribution >= 0.6 is 22.9 Å². The van der Waals surface area contributed by atoms with Crippen LogP contribution < -0.4 is 4.90 Å². The first-order chi connectivity index (χ1) is 12.4. The molecule has 1 aromatic heterocycles. The molecule has 4 rings (SSSR count). The maximum Gasteiger partial charge on any atom is 0.243 e. The number of nitrogens with zero attached hydrogens (tertiary/aromatic N) is 2. The van der Waals surface area contributed by atoms with Gasteiger partial charge < -0.3 is 0 Å². The molecule has 2 amide bonds. The van der Waals surface area contributed by atoms with E-state index in [0.29, 0.717) is 29.5 Å². The van der Waals surface area contributed by atoms with Crippen molar-refractivity contribution < 1.29 is 18.0 Å². The van der Waals surface area contributed by atoms with Gasteiger partial charge in [0.05, 0.1) is 14.9 Å². The van der Waals surface area contributed by atoms with Crippen molar-refractivity contribution in [3.63, 3.8) is 0 Å². The fourth-order valence-electron chi connectivity index (χ4n) is 3.26. The number of amides is 2. The van der Waals surface area contributed by atoms with Gasteiger partial charge in [-0.15, -0.1) is 11.3 Å². The smallest absolute Gasteiger partial charge is 0.243 e. The van der Waals surface area contributed by atoms with Crippen molar-refractivity contribution in [3.8, 4) is 0 Å². The predicted octanol–water partition coefficient (Wildman–Crippen LogP) is 2.80. The van der Waals surface area contributed by atoms with Crippen LogP contribution in [-0.4, -0.2) is 31.1 Å². The molecule has 0 aliphatic carbocycles. The van der Waals surface area contributed by atoms with Gasteiger partial charge in [0.15, 0.2) is 0 Å². The van der Waals surface area contributed by atoms with E-state index in [0.717, 1.165) is 15.3 Å². The van der Waals surface area contributed by atoms with Gasteiger partial charge in [-0.3, -0.25) is 14.5 Å². The summed E-state index contributed by atoms with van der Waals surface area (Å²) in [4.78, 5) is 26.0. The topological polar surface area (TPSA) is 74.8 Å². The number of rotatable bonds is 3. The summed E-state index contributed by atoms with van der Waals surface area (Å²) >= 11 is 7.51. The molecule has 0 saturated carbocycles. The molecule has 2 aromatic rings. The Morgan fingerprint density at radius 2 is 1.65 bits per heavy atom. The summed E-state index contributed by atoms with van der Waals surface area (Å²) in [6.07, 6.45) is 1.03. The van der Waals surface area contributed by atoms with Crippen LogP contribution in [0.1, 0.15) is 23.3 Å². The first kappa shape index (κ1) is 17.7. The van der Waals surface area contributed by atoms with Crippen molar-refractivity contribution in [2.45, 2.75) is 30.7 Å². The maximum absolute atomic E-state index is 12.9. The largest absolute Gasteiger partial charge is 0.274 e. The van der Waals surface area contributed by atoms with Gasteiger partial charge in [-0.1, -0.05) is 11.6 Å². The monoisotopic (exact) mass is 410 g/mol. The molecule has 1 saturated heterocycles. The first-order valence-electron chi connectivity index (χ1n) is 8.09. The molecule has 26 heavy (non-hydrogen) atoms. The van der Waals surface area contributed by atoms with Crippen LogP contribution in [-0.2, 0) is 32.6 Å². The van der Waals surface area contributed by atoms with Crippen LogP contribution in [0, 0.1) is 0 Å². The quantitative estimate of drug-likeness (QED) is 0.729. The number of sulfonamides is 1. The van der Waals surface area contributed by atoms with E-state index in [9.17, 15) is 18.0 Å². The number of hydrogen-bond acceptors (Lipinski definition) is 5. The Balaban J connectivity index is 1.59. The van der Waals surface area contributed by atoms with Gasteiger partial charge >= 0.3 is 0 Å². The van der Waals surface area contributed by atoms with Gasteiger partial charge in [0, 0.05) is 30.8 Å². The molecule has 0 N–H and O–H groups in total. The minimum Gasteiger partial charge on any atom is -0.274 e. The summed E-state index contributed by atoms with van der Waals surface area (Å²) < 4.78 is 27.9. The van der Waals surface area contributed by atoms with Gasteiger partial charge in [-0.05, 0) is 42.3 Å². The lowest BCUT2D eigenvalue weighted by Crippen LogP contribution is -2.35. The molecule has 3 heterocycles. The third-order valence-corrected chi connectivity index (χ3v) is 7.81. The van der Waals surface area contributed by atoms with E-state index in [1.54, 1.807) is 0 Å². The van der Waals surface area contributed by atoms with Crippen molar-refractivity contribution in [1.29, 1.82) is 0 Å². The van der Waals surface area contributed by atoms with Crippen LogP contribution in [0.5, 0.6) is 0 Å². The molecule has 6 nitrogen and oxygen atoms in total. The number of fused-ring (bicyclic) bond motifs is 1.